The molecule has 6 nitrogen and oxygen atoms in total. The summed E-state index contributed by atoms with van der Waals surface area (Å²) in [4.78, 5) is 14.3. The Morgan fingerprint density at radius 3 is 2.50 bits per heavy atom. The number of ether oxygens (including phenoxy) is 1. The van der Waals surface area contributed by atoms with Gasteiger partial charge in [-0.3, -0.25) is 10.1 Å². The third kappa shape index (κ3) is 3.12. The summed E-state index contributed by atoms with van der Waals surface area (Å²) in [6.07, 6.45) is 1.64. The number of nitro groups is 1. The largest absolute Gasteiger partial charge is 0.484 e. The van der Waals surface area contributed by atoms with Crippen molar-refractivity contribution in [1.82, 2.24) is 4.98 Å². The first kappa shape index (κ1) is 13.8. The molecule has 0 aliphatic carbocycles. The van der Waals surface area contributed by atoms with Gasteiger partial charge in [-0.1, -0.05) is 30.3 Å². The van der Waals surface area contributed by atoms with Crippen LogP contribution >= 0.6 is 0 Å². The number of nitrogens with zero attached hydrogens (tertiary/aromatic N) is 2. The highest BCUT2D eigenvalue weighted by Gasteiger charge is 2.08. The van der Waals surface area contributed by atoms with E-state index in [1.54, 1.807) is 18.3 Å². The van der Waals surface area contributed by atoms with Crippen LogP contribution in [0.1, 0.15) is 5.89 Å². The van der Waals surface area contributed by atoms with Crippen LogP contribution in [0.25, 0.3) is 11.3 Å². The van der Waals surface area contributed by atoms with E-state index in [9.17, 15) is 10.1 Å². The Labute approximate surface area is 126 Å². The standard InChI is InChI=1S/C16H12N2O4/c19-18(20)13-6-8-14(9-7-13)21-11-16-17-10-15(22-16)12-4-2-1-3-5-12/h1-10H,11H2. The highest BCUT2D eigenvalue weighted by atomic mass is 16.6. The second-order valence-electron chi connectivity index (χ2n) is 4.52. The Morgan fingerprint density at radius 2 is 1.82 bits per heavy atom. The number of benzene rings is 2. The van der Waals surface area contributed by atoms with Gasteiger partial charge in [0, 0.05) is 17.7 Å². The Balaban J connectivity index is 1.65. The summed E-state index contributed by atoms with van der Waals surface area (Å²) < 4.78 is 11.1. The molecule has 0 bridgehead atoms. The minimum Gasteiger partial charge on any atom is -0.484 e. The van der Waals surface area contributed by atoms with Crippen LogP contribution in [0, 0.1) is 10.1 Å². The summed E-state index contributed by atoms with van der Waals surface area (Å²) >= 11 is 0. The highest BCUT2D eigenvalue weighted by molar-refractivity contribution is 5.55. The molecule has 0 fully saturated rings. The van der Waals surface area contributed by atoms with Crippen molar-refractivity contribution in [2.24, 2.45) is 0 Å². The molecule has 2 aromatic carbocycles. The van der Waals surface area contributed by atoms with E-state index >= 15 is 0 Å². The molecular formula is C16H12N2O4. The van der Waals surface area contributed by atoms with Crippen molar-refractivity contribution in [2.45, 2.75) is 6.61 Å². The van der Waals surface area contributed by atoms with Gasteiger partial charge in [0.1, 0.15) is 5.75 Å². The molecule has 0 spiro atoms. The summed E-state index contributed by atoms with van der Waals surface area (Å²) in [7, 11) is 0. The number of hydrogen-bond acceptors (Lipinski definition) is 5. The number of rotatable bonds is 5. The van der Waals surface area contributed by atoms with Crippen molar-refractivity contribution in [2.75, 3.05) is 0 Å². The van der Waals surface area contributed by atoms with Gasteiger partial charge < -0.3 is 9.15 Å². The molecule has 0 aliphatic rings. The zero-order valence-corrected chi connectivity index (χ0v) is 11.5. The van der Waals surface area contributed by atoms with Crippen LogP contribution in [0.3, 0.4) is 0 Å². The Bertz CT molecular complexity index is 766. The highest BCUT2D eigenvalue weighted by Crippen LogP contribution is 2.21. The molecule has 110 valence electrons. The fourth-order valence-corrected chi connectivity index (χ4v) is 1.92. The van der Waals surface area contributed by atoms with Crippen LogP contribution in [0.5, 0.6) is 5.75 Å². The molecule has 0 unspecified atom stereocenters. The first-order valence-corrected chi connectivity index (χ1v) is 6.60. The lowest BCUT2D eigenvalue weighted by atomic mass is 10.2. The van der Waals surface area contributed by atoms with Crippen molar-refractivity contribution in [1.29, 1.82) is 0 Å². The Hall–Kier alpha value is -3.15. The maximum Gasteiger partial charge on any atom is 0.269 e. The number of nitro benzene ring substituents is 1. The molecule has 0 amide bonds. The monoisotopic (exact) mass is 296 g/mol. The van der Waals surface area contributed by atoms with Gasteiger partial charge in [-0.05, 0) is 12.1 Å². The quantitative estimate of drug-likeness (QED) is 0.528. The maximum absolute atomic E-state index is 10.6. The fraction of sp³-hybridized carbons (Fsp3) is 0.0625. The van der Waals surface area contributed by atoms with Gasteiger partial charge in [0.25, 0.3) is 5.69 Å². The fourth-order valence-electron chi connectivity index (χ4n) is 1.92. The molecule has 1 aromatic heterocycles. The van der Waals surface area contributed by atoms with Crippen molar-refractivity contribution >= 4 is 5.69 Å². The molecule has 6 heteroatoms. The van der Waals surface area contributed by atoms with Crippen LogP contribution in [0.4, 0.5) is 5.69 Å². The summed E-state index contributed by atoms with van der Waals surface area (Å²) in [6.45, 7) is 0.157. The molecule has 0 N–H and O–H groups in total. The summed E-state index contributed by atoms with van der Waals surface area (Å²) in [5, 5.41) is 10.6. The van der Waals surface area contributed by atoms with Crippen LogP contribution in [-0.2, 0) is 6.61 Å². The van der Waals surface area contributed by atoms with Crippen molar-refractivity contribution in [3.05, 3.63) is 76.8 Å². The van der Waals surface area contributed by atoms with E-state index in [4.69, 9.17) is 9.15 Å². The molecule has 0 radical (unpaired) electrons. The van der Waals surface area contributed by atoms with E-state index < -0.39 is 4.92 Å². The first-order valence-electron chi connectivity index (χ1n) is 6.60. The number of oxazole rings is 1. The molecule has 0 saturated heterocycles. The molecule has 0 saturated carbocycles. The van der Waals surface area contributed by atoms with Gasteiger partial charge in [0.15, 0.2) is 12.4 Å². The molecule has 3 rings (SSSR count). The van der Waals surface area contributed by atoms with Gasteiger partial charge in [0.2, 0.25) is 5.89 Å². The smallest absolute Gasteiger partial charge is 0.269 e. The maximum atomic E-state index is 10.6. The minimum atomic E-state index is -0.454. The van der Waals surface area contributed by atoms with Crippen molar-refractivity contribution in [3.63, 3.8) is 0 Å². The molecule has 1 heterocycles. The van der Waals surface area contributed by atoms with E-state index in [0.717, 1.165) is 5.56 Å². The van der Waals surface area contributed by atoms with Gasteiger partial charge in [-0.15, -0.1) is 0 Å². The lowest BCUT2D eigenvalue weighted by Crippen LogP contribution is -1.95. The first-order chi connectivity index (χ1) is 10.7. The Kier molecular flexibility index (Phi) is 3.82. The van der Waals surface area contributed by atoms with Gasteiger partial charge in [-0.2, -0.15) is 0 Å². The van der Waals surface area contributed by atoms with Gasteiger partial charge in [0.05, 0.1) is 11.1 Å². The lowest BCUT2D eigenvalue weighted by Gasteiger charge is -2.02. The van der Waals surface area contributed by atoms with Gasteiger partial charge >= 0.3 is 0 Å². The van der Waals surface area contributed by atoms with Crippen LogP contribution in [0.2, 0.25) is 0 Å². The van der Waals surface area contributed by atoms with E-state index in [-0.39, 0.29) is 12.3 Å². The number of hydrogen-bond donors (Lipinski definition) is 0. The molecule has 22 heavy (non-hydrogen) atoms. The molecule has 0 atom stereocenters. The Morgan fingerprint density at radius 1 is 1.09 bits per heavy atom. The SMILES string of the molecule is O=[N+]([O-])c1ccc(OCc2ncc(-c3ccccc3)o2)cc1. The lowest BCUT2D eigenvalue weighted by molar-refractivity contribution is -0.384. The van der Waals surface area contributed by atoms with Crippen LogP contribution in [0.15, 0.2) is 65.2 Å². The number of non-ortho nitro benzene ring substituents is 1. The van der Waals surface area contributed by atoms with Crippen LogP contribution < -0.4 is 4.74 Å². The molecule has 3 aromatic rings. The normalized spacial score (nSPS) is 10.4. The topological polar surface area (TPSA) is 78.4 Å². The third-order valence-corrected chi connectivity index (χ3v) is 3.02. The average molecular weight is 296 g/mol. The summed E-state index contributed by atoms with van der Waals surface area (Å²) in [5.41, 5.74) is 0.964. The molecule has 0 aliphatic heterocycles. The van der Waals surface area contributed by atoms with Gasteiger partial charge in [-0.25, -0.2) is 4.98 Å². The predicted molar refractivity (Wildman–Crippen MR) is 79.4 cm³/mol. The van der Waals surface area contributed by atoms with E-state index in [1.165, 1.54) is 12.1 Å². The minimum absolute atomic E-state index is 0.0230. The van der Waals surface area contributed by atoms with Crippen molar-refractivity contribution < 1.29 is 14.1 Å². The predicted octanol–water partition coefficient (Wildman–Crippen LogP) is 3.83. The zero-order chi connectivity index (χ0) is 15.4. The second kappa shape index (κ2) is 6.09. The number of aromatic nitrogens is 1. The van der Waals surface area contributed by atoms with E-state index in [2.05, 4.69) is 4.98 Å². The summed E-state index contributed by atoms with van der Waals surface area (Å²) in [5.74, 6) is 1.63. The van der Waals surface area contributed by atoms with E-state index in [0.29, 0.717) is 17.4 Å². The second-order valence-corrected chi connectivity index (χ2v) is 4.52. The average Bonchev–Trinajstić information content (AvgIpc) is 3.03. The summed E-state index contributed by atoms with van der Waals surface area (Å²) in [6, 6.07) is 15.5. The van der Waals surface area contributed by atoms with E-state index in [1.807, 2.05) is 30.3 Å². The van der Waals surface area contributed by atoms with Crippen LogP contribution in [-0.4, -0.2) is 9.91 Å². The molecular weight excluding hydrogens is 284 g/mol. The van der Waals surface area contributed by atoms with Crippen molar-refractivity contribution in [3.8, 4) is 17.1 Å². The zero-order valence-electron chi connectivity index (χ0n) is 11.5. The third-order valence-electron chi connectivity index (χ3n) is 3.02.